The highest BCUT2D eigenvalue weighted by Crippen LogP contribution is 2.32. The van der Waals surface area contributed by atoms with Gasteiger partial charge in [0.2, 0.25) is 5.91 Å². The van der Waals surface area contributed by atoms with E-state index in [0.29, 0.717) is 24.9 Å². The number of nitrogens with zero attached hydrogens (tertiary/aromatic N) is 2. The first kappa shape index (κ1) is 19.5. The maximum Gasteiger partial charge on any atom is 0.240 e. The van der Waals surface area contributed by atoms with Crippen LogP contribution in [0.3, 0.4) is 0 Å². The fraction of sp³-hybridized carbons (Fsp3) is 0.524. The van der Waals surface area contributed by atoms with Gasteiger partial charge < -0.3 is 14.8 Å². The minimum Gasteiger partial charge on any atom is -0.347 e. The fourth-order valence-corrected chi connectivity index (χ4v) is 4.62. The maximum atomic E-state index is 12.5. The second kappa shape index (κ2) is 7.91. The average Bonchev–Trinajstić information content (AvgIpc) is 3.30. The Balaban J connectivity index is 1.34. The largest absolute Gasteiger partial charge is 0.347 e. The number of rotatable bonds is 4. The van der Waals surface area contributed by atoms with Crippen LogP contribution in [0.5, 0.6) is 0 Å². The number of hydrogen-bond acceptors (Lipinski definition) is 6. The molecule has 1 aromatic carbocycles. The molecular formula is C21H27N3O3S. The van der Waals surface area contributed by atoms with Crippen molar-refractivity contribution in [1.29, 1.82) is 0 Å². The number of ether oxygens (including phenoxy) is 2. The van der Waals surface area contributed by atoms with Crippen molar-refractivity contribution >= 4 is 22.4 Å². The van der Waals surface area contributed by atoms with Gasteiger partial charge in [-0.15, -0.1) is 11.3 Å². The molecule has 28 heavy (non-hydrogen) atoms. The van der Waals surface area contributed by atoms with Crippen molar-refractivity contribution in [2.75, 3.05) is 38.2 Å². The number of aryl methyl sites for hydroxylation is 3. The Morgan fingerprint density at radius 1 is 1.14 bits per heavy atom. The molecule has 0 saturated carbocycles. The number of aromatic nitrogens is 1. The van der Waals surface area contributed by atoms with Crippen LogP contribution in [0.25, 0.3) is 11.3 Å². The second-order valence-electron chi connectivity index (χ2n) is 7.72. The standard InChI is InChI=1S/C21H27N3O3S/c1-14-10-16(3)17(11-15(14)2)18-13-28-20(22-18)23-19(25)12-24-6-4-21(5-7-24)26-8-9-27-21/h10-11,13H,4-9,12H2,1-3H3,(H,22,23,25). The summed E-state index contributed by atoms with van der Waals surface area (Å²) in [5, 5.41) is 5.60. The average molecular weight is 402 g/mol. The summed E-state index contributed by atoms with van der Waals surface area (Å²) in [6.45, 7) is 9.65. The van der Waals surface area contributed by atoms with E-state index < -0.39 is 5.79 Å². The molecule has 1 aromatic heterocycles. The summed E-state index contributed by atoms with van der Waals surface area (Å²) >= 11 is 1.47. The summed E-state index contributed by atoms with van der Waals surface area (Å²) in [5.41, 5.74) is 5.76. The van der Waals surface area contributed by atoms with Gasteiger partial charge in [-0.1, -0.05) is 6.07 Å². The van der Waals surface area contributed by atoms with Crippen LogP contribution in [-0.2, 0) is 14.3 Å². The molecule has 0 bridgehead atoms. The van der Waals surface area contributed by atoms with Crippen LogP contribution in [0.1, 0.15) is 29.5 Å². The van der Waals surface area contributed by atoms with Crippen molar-refractivity contribution in [3.05, 3.63) is 34.2 Å². The second-order valence-corrected chi connectivity index (χ2v) is 8.58. The molecule has 1 amide bonds. The van der Waals surface area contributed by atoms with Gasteiger partial charge in [-0.05, 0) is 43.5 Å². The number of anilines is 1. The molecule has 2 saturated heterocycles. The highest BCUT2D eigenvalue weighted by atomic mass is 32.1. The van der Waals surface area contributed by atoms with Gasteiger partial charge in [-0.25, -0.2) is 4.98 Å². The van der Waals surface area contributed by atoms with Gasteiger partial charge in [0.1, 0.15) is 0 Å². The highest BCUT2D eigenvalue weighted by Gasteiger charge is 2.39. The van der Waals surface area contributed by atoms with E-state index in [9.17, 15) is 4.79 Å². The van der Waals surface area contributed by atoms with Gasteiger partial charge in [0.15, 0.2) is 10.9 Å². The topological polar surface area (TPSA) is 63.7 Å². The number of carbonyl (C=O) groups excluding carboxylic acids is 1. The third-order valence-electron chi connectivity index (χ3n) is 5.67. The molecule has 4 rings (SSSR count). The van der Waals surface area contributed by atoms with E-state index in [0.717, 1.165) is 37.2 Å². The molecule has 150 valence electrons. The molecule has 0 atom stereocenters. The Labute approximate surface area is 169 Å². The molecule has 7 heteroatoms. The SMILES string of the molecule is Cc1cc(C)c(-c2csc(NC(=O)CN3CCC4(CC3)OCCO4)n2)cc1C. The summed E-state index contributed by atoms with van der Waals surface area (Å²) < 4.78 is 11.5. The van der Waals surface area contributed by atoms with E-state index in [1.807, 2.05) is 5.38 Å². The van der Waals surface area contributed by atoms with Crippen LogP contribution >= 0.6 is 11.3 Å². The minimum absolute atomic E-state index is 0.0260. The van der Waals surface area contributed by atoms with Crippen molar-refractivity contribution < 1.29 is 14.3 Å². The zero-order valence-electron chi connectivity index (χ0n) is 16.7. The van der Waals surface area contributed by atoms with Crippen LogP contribution in [0, 0.1) is 20.8 Å². The van der Waals surface area contributed by atoms with Crippen LogP contribution in [0.4, 0.5) is 5.13 Å². The summed E-state index contributed by atoms with van der Waals surface area (Å²) in [5.74, 6) is -0.428. The molecule has 2 aliphatic rings. The molecule has 2 fully saturated rings. The van der Waals surface area contributed by atoms with Crippen molar-refractivity contribution in [3.63, 3.8) is 0 Å². The minimum atomic E-state index is -0.402. The summed E-state index contributed by atoms with van der Waals surface area (Å²) in [4.78, 5) is 19.2. The third kappa shape index (κ3) is 4.12. The molecule has 1 N–H and O–H groups in total. The number of hydrogen-bond donors (Lipinski definition) is 1. The smallest absolute Gasteiger partial charge is 0.240 e. The lowest BCUT2D eigenvalue weighted by Crippen LogP contribution is -2.47. The van der Waals surface area contributed by atoms with Gasteiger partial charge >= 0.3 is 0 Å². The first-order chi connectivity index (χ1) is 13.4. The number of nitrogens with one attached hydrogen (secondary N) is 1. The van der Waals surface area contributed by atoms with Gasteiger partial charge in [-0.3, -0.25) is 9.69 Å². The van der Waals surface area contributed by atoms with Gasteiger partial charge in [0.25, 0.3) is 0 Å². The maximum absolute atomic E-state index is 12.5. The predicted octanol–water partition coefficient (Wildman–Crippen LogP) is 3.51. The number of amides is 1. The van der Waals surface area contributed by atoms with E-state index in [1.54, 1.807) is 0 Å². The van der Waals surface area contributed by atoms with E-state index in [1.165, 1.54) is 28.0 Å². The molecule has 2 aliphatic heterocycles. The number of piperidine rings is 1. The zero-order chi connectivity index (χ0) is 19.7. The Morgan fingerprint density at radius 3 is 2.54 bits per heavy atom. The molecule has 0 aliphatic carbocycles. The van der Waals surface area contributed by atoms with Crippen molar-refractivity contribution in [3.8, 4) is 11.3 Å². The molecule has 2 aromatic rings. The van der Waals surface area contributed by atoms with E-state index >= 15 is 0 Å². The number of carbonyl (C=O) groups is 1. The number of thiazole rings is 1. The lowest BCUT2D eigenvalue weighted by Gasteiger charge is -2.37. The van der Waals surface area contributed by atoms with Crippen molar-refractivity contribution in [2.24, 2.45) is 0 Å². The molecule has 0 unspecified atom stereocenters. The summed E-state index contributed by atoms with van der Waals surface area (Å²) in [6, 6.07) is 4.35. The molecule has 3 heterocycles. The van der Waals surface area contributed by atoms with Crippen LogP contribution in [0.15, 0.2) is 17.5 Å². The molecule has 1 spiro atoms. The molecule has 6 nitrogen and oxygen atoms in total. The van der Waals surface area contributed by atoms with Gasteiger partial charge in [-0.2, -0.15) is 0 Å². The first-order valence-electron chi connectivity index (χ1n) is 9.78. The van der Waals surface area contributed by atoms with Crippen LogP contribution in [0.2, 0.25) is 0 Å². The van der Waals surface area contributed by atoms with Crippen LogP contribution in [-0.4, -0.2) is 54.4 Å². The summed E-state index contributed by atoms with van der Waals surface area (Å²) in [7, 11) is 0. The Bertz CT molecular complexity index is 864. The number of likely N-dealkylation sites (tertiary alicyclic amines) is 1. The molecule has 0 radical (unpaired) electrons. The normalized spacial score (nSPS) is 19.2. The monoisotopic (exact) mass is 401 g/mol. The highest BCUT2D eigenvalue weighted by molar-refractivity contribution is 7.14. The lowest BCUT2D eigenvalue weighted by molar-refractivity contribution is -0.185. The fourth-order valence-electron chi connectivity index (χ4n) is 3.89. The van der Waals surface area contributed by atoms with E-state index in [2.05, 4.69) is 48.1 Å². The Morgan fingerprint density at radius 2 is 1.82 bits per heavy atom. The van der Waals surface area contributed by atoms with E-state index in [-0.39, 0.29) is 5.91 Å². The Kier molecular flexibility index (Phi) is 5.51. The number of benzene rings is 1. The lowest BCUT2D eigenvalue weighted by atomic mass is 9.99. The van der Waals surface area contributed by atoms with E-state index in [4.69, 9.17) is 9.47 Å². The molecular weight excluding hydrogens is 374 g/mol. The van der Waals surface area contributed by atoms with Crippen molar-refractivity contribution in [1.82, 2.24) is 9.88 Å². The van der Waals surface area contributed by atoms with Gasteiger partial charge in [0.05, 0.1) is 25.5 Å². The van der Waals surface area contributed by atoms with Gasteiger partial charge in [0, 0.05) is 36.9 Å². The predicted molar refractivity (Wildman–Crippen MR) is 111 cm³/mol. The zero-order valence-corrected chi connectivity index (χ0v) is 17.5. The summed E-state index contributed by atoms with van der Waals surface area (Å²) in [6.07, 6.45) is 1.63. The quantitative estimate of drug-likeness (QED) is 0.849. The van der Waals surface area contributed by atoms with Crippen LogP contribution < -0.4 is 5.32 Å². The first-order valence-corrected chi connectivity index (χ1v) is 10.7. The Hall–Kier alpha value is -1.80. The van der Waals surface area contributed by atoms with Crippen molar-refractivity contribution in [2.45, 2.75) is 39.4 Å². The third-order valence-corrected chi connectivity index (χ3v) is 6.42.